The SMILES string of the molecule is C[C@H](NC(=O)COc1cccc(Cl)c1Cl)c1cccs1. The molecule has 0 aliphatic heterocycles. The number of carbonyl (C=O) groups is 1. The molecule has 1 aromatic heterocycles. The number of carbonyl (C=O) groups excluding carboxylic acids is 1. The summed E-state index contributed by atoms with van der Waals surface area (Å²) in [5, 5.41) is 5.54. The van der Waals surface area contributed by atoms with Gasteiger partial charge in [-0.05, 0) is 30.5 Å². The Bertz CT molecular complexity index is 587. The predicted molar refractivity (Wildman–Crippen MR) is 82.8 cm³/mol. The Balaban J connectivity index is 1.88. The fourth-order valence-electron chi connectivity index (χ4n) is 1.63. The molecule has 0 saturated carbocycles. The van der Waals surface area contributed by atoms with E-state index in [4.69, 9.17) is 27.9 Å². The van der Waals surface area contributed by atoms with Crippen molar-refractivity contribution in [3.05, 3.63) is 50.6 Å². The third kappa shape index (κ3) is 3.88. The zero-order chi connectivity index (χ0) is 14.5. The highest BCUT2D eigenvalue weighted by Gasteiger charge is 2.12. The van der Waals surface area contributed by atoms with Gasteiger partial charge in [-0.15, -0.1) is 11.3 Å². The topological polar surface area (TPSA) is 38.3 Å². The molecule has 0 saturated heterocycles. The van der Waals surface area contributed by atoms with Gasteiger partial charge in [0.1, 0.15) is 10.8 Å². The first-order valence-electron chi connectivity index (χ1n) is 5.97. The Morgan fingerprint density at radius 1 is 1.35 bits per heavy atom. The maximum atomic E-state index is 11.8. The fourth-order valence-corrected chi connectivity index (χ4v) is 2.71. The van der Waals surface area contributed by atoms with Crippen LogP contribution >= 0.6 is 34.5 Å². The number of amides is 1. The van der Waals surface area contributed by atoms with E-state index in [1.807, 2.05) is 24.4 Å². The quantitative estimate of drug-likeness (QED) is 0.887. The lowest BCUT2D eigenvalue weighted by molar-refractivity contribution is -0.123. The molecular weight excluding hydrogens is 317 g/mol. The second-order valence-electron chi connectivity index (χ2n) is 4.15. The molecule has 3 nitrogen and oxygen atoms in total. The van der Waals surface area contributed by atoms with Crippen LogP contribution in [0.15, 0.2) is 35.7 Å². The van der Waals surface area contributed by atoms with Gasteiger partial charge in [-0.3, -0.25) is 4.79 Å². The average Bonchev–Trinajstić information content (AvgIpc) is 2.94. The van der Waals surface area contributed by atoms with Crippen LogP contribution in [0.4, 0.5) is 0 Å². The molecule has 1 heterocycles. The van der Waals surface area contributed by atoms with Gasteiger partial charge < -0.3 is 10.1 Å². The van der Waals surface area contributed by atoms with Gasteiger partial charge in [0.25, 0.3) is 5.91 Å². The van der Waals surface area contributed by atoms with E-state index in [9.17, 15) is 4.79 Å². The van der Waals surface area contributed by atoms with Crippen LogP contribution in [0.25, 0.3) is 0 Å². The molecule has 106 valence electrons. The minimum Gasteiger partial charge on any atom is -0.482 e. The number of halogens is 2. The van der Waals surface area contributed by atoms with Crippen molar-refractivity contribution >= 4 is 40.4 Å². The van der Waals surface area contributed by atoms with Gasteiger partial charge in [-0.2, -0.15) is 0 Å². The van der Waals surface area contributed by atoms with Gasteiger partial charge >= 0.3 is 0 Å². The standard InChI is InChI=1S/C14H13Cl2NO2S/c1-9(12-6-3-7-20-12)17-13(18)8-19-11-5-2-4-10(15)14(11)16/h2-7,9H,8H2,1H3,(H,17,18)/t9-/m0/s1. The van der Waals surface area contributed by atoms with Gasteiger partial charge in [-0.25, -0.2) is 0 Å². The lowest BCUT2D eigenvalue weighted by Gasteiger charge is -2.13. The maximum Gasteiger partial charge on any atom is 0.258 e. The Labute approximate surface area is 131 Å². The zero-order valence-electron chi connectivity index (χ0n) is 10.7. The van der Waals surface area contributed by atoms with Crippen molar-refractivity contribution in [1.29, 1.82) is 0 Å². The Morgan fingerprint density at radius 2 is 2.15 bits per heavy atom. The predicted octanol–water partition coefficient (Wildman–Crippen LogP) is 4.31. The summed E-state index contributed by atoms with van der Waals surface area (Å²) in [6.07, 6.45) is 0. The summed E-state index contributed by atoms with van der Waals surface area (Å²) in [5.41, 5.74) is 0. The number of thiophene rings is 1. The second kappa shape index (κ2) is 6.97. The van der Waals surface area contributed by atoms with Crippen molar-refractivity contribution in [2.24, 2.45) is 0 Å². The maximum absolute atomic E-state index is 11.8. The largest absolute Gasteiger partial charge is 0.482 e. The normalized spacial score (nSPS) is 11.9. The molecule has 0 aliphatic rings. The minimum atomic E-state index is -0.207. The van der Waals surface area contributed by atoms with Gasteiger partial charge in [0, 0.05) is 4.88 Å². The molecule has 0 unspecified atom stereocenters. The van der Waals surface area contributed by atoms with Crippen LogP contribution in [0, 0.1) is 0 Å². The van der Waals surface area contributed by atoms with Crippen LogP contribution in [-0.2, 0) is 4.79 Å². The Morgan fingerprint density at radius 3 is 2.85 bits per heavy atom. The van der Waals surface area contributed by atoms with Crippen LogP contribution in [0.2, 0.25) is 10.0 Å². The molecule has 1 amide bonds. The lowest BCUT2D eigenvalue weighted by atomic mass is 10.3. The summed E-state index contributed by atoms with van der Waals surface area (Å²) in [5.74, 6) is 0.194. The van der Waals surface area contributed by atoms with E-state index in [1.165, 1.54) is 0 Å². The second-order valence-corrected chi connectivity index (χ2v) is 5.91. The number of hydrogen-bond donors (Lipinski definition) is 1. The molecule has 0 fully saturated rings. The number of hydrogen-bond acceptors (Lipinski definition) is 3. The highest BCUT2D eigenvalue weighted by Crippen LogP contribution is 2.31. The summed E-state index contributed by atoms with van der Waals surface area (Å²) < 4.78 is 5.37. The molecule has 1 atom stereocenters. The summed E-state index contributed by atoms with van der Waals surface area (Å²) in [4.78, 5) is 12.9. The first-order valence-corrected chi connectivity index (χ1v) is 7.61. The van der Waals surface area contributed by atoms with Gasteiger partial charge in [0.15, 0.2) is 6.61 Å². The molecule has 0 radical (unpaired) electrons. The third-order valence-electron chi connectivity index (χ3n) is 2.62. The molecule has 1 N–H and O–H groups in total. The number of ether oxygens (including phenoxy) is 1. The van der Waals surface area contributed by atoms with E-state index in [2.05, 4.69) is 5.32 Å². The Hall–Kier alpha value is -1.23. The van der Waals surface area contributed by atoms with Crippen LogP contribution < -0.4 is 10.1 Å². The van der Waals surface area contributed by atoms with Crippen molar-refractivity contribution < 1.29 is 9.53 Å². The Kier molecular flexibility index (Phi) is 5.29. The summed E-state index contributed by atoms with van der Waals surface area (Å²) in [6, 6.07) is 8.94. The molecule has 0 spiro atoms. The first-order chi connectivity index (χ1) is 9.58. The van der Waals surface area contributed by atoms with Gasteiger partial charge in [0.05, 0.1) is 11.1 Å². The molecule has 1 aromatic carbocycles. The van der Waals surface area contributed by atoms with E-state index >= 15 is 0 Å². The molecule has 0 bridgehead atoms. The lowest BCUT2D eigenvalue weighted by Crippen LogP contribution is -2.30. The van der Waals surface area contributed by atoms with Crippen molar-refractivity contribution in [2.45, 2.75) is 13.0 Å². The van der Waals surface area contributed by atoms with Gasteiger partial charge in [-0.1, -0.05) is 35.3 Å². The molecular formula is C14H13Cl2NO2S. The van der Waals surface area contributed by atoms with Crippen LogP contribution in [0.1, 0.15) is 17.8 Å². The molecule has 6 heteroatoms. The van der Waals surface area contributed by atoms with E-state index in [0.29, 0.717) is 15.8 Å². The molecule has 0 aliphatic carbocycles. The highest BCUT2D eigenvalue weighted by atomic mass is 35.5. The van der Waals surface area contributed by atoms with Crippen molar-refractivity contribution in [3.63, 3.8) is 0 Å². The summed E-state index contributed by atoms with van der Waals surface area (Å²) in [7, 11) is 0. The van der Waals surface area contributed by atoms with E-state index in [0.717, 1.165) is 4.88 Å². The van der Waals surface area contributed by atoms with E-state index in [-0.39, 0.29) is 18.6 Å². The monoisotopic (exact) mass is 329 g/mol. The minimum absolute atomic E-state index is 0.0408. The van der Waals surface area contributed by atoms with Crippen LogP contribution in [-0.4, -0.2) is 12.5 Å². The smallest absolute Gasteiger partial charge is 0.258 e. The van der Waals surface area contributed by atoms with Gasteiger partial charge in [0.2, 0.25) is 0 Å². The van der Waals surface area contributed by atoms with Crippen molar-refractivity contribution in [3.8, 4) is 5.75 Å². The number of nitrogens with one attached hydrogen (secondary N) is 1. The van der Waals surface area contributed by atoms with Crippen molar-refractivity contribution in [1.82, 2.24) is 5.32 Å². The first kappa shape index (κ1) is 15.2. The number of rotatable bonds is 5. The third-order valence-corrected chi connectivity index (χ3v) is 4.48. The highest BCUT2D eigenvalue weighted by molar-refractivity contribution is 7.10. The molecule has 2 aromatic rings. The molecule has 20 heavy (non-hydrogen) atoms. The summed E-state index contributed by atoms with van der Waals surface area (Å²) >= 11 is 13.4. The van der Waals surface area contributed by atoms with Crippen LogP contribution in [0.5, 0.6) is 5.75 Å². The number of benzene rings is 1. The van der Waals surface area contributed by atoms with Crippen LogP contribution in [0.3, 0.4) is 0 Å². The zero-order valence-corrected chi connectivity index (χ0v) is 13.1. The van der Waals surface area contributed by atoms with E-state index in [1.54, 1.807) is 29.5 Å². The van der Waals surface area contributed by atoms with Crippen molar-refractivity contribution in [2.75, 3.05) is 6.61 Å². The average molecular weight is 330 g/mol. The fraction of sp³-hybridized carbons (Fsp3) is 0.214. The summed E-state index contributed by atoms with van der Waals surface area (Å²) in [6.45, 7) is 1.83. The van der Waals surface area contributed by atoms with E-state index < -0.39 is 0 Å². The molecule has 2 rings (SSSR count).